The summed E-state index contributed by atoms with van der Waals surface area (Å²) < 4.78 is 0. The van der Waals surface area contributed by atoms with E-state index in [0.717, 1.165) is 12.6 Å². The van der Waals surface area contributed by atoms with Crippen LogP contribution in [0.5, 0.6) is 0 Å². The number of rotatable bonds is 4. The van der Waals surface area contributed by atoms with Crippen molar-refractivity contribution in [3.05, 3.63) is 21.9 Å². The summed E-state index contributed by atoms with van der Waals surface area (Å²) in [5, 5.41) is 3.69. The predicted molar refractivity (Wildman–Crippen MR) is 75.8 cm³/mol. The molecule has 2 nitrogen and oxygen atoms in total. The van der Waals surface area contributed by atoms with E-state index < -0.39 is 0 Å². The first-order chi connectivity index (χ1) is 8.15. The number of nitrogens with one attached hydrogen (secondary N) is 1. The second-order valence-electron chi connectivity index (χ2n) is 5.42. The molecule has 0 amide bonds. The maximum atomic E-state index is 3.69. The van der Waals surface area contributed by atoms with Crippen LogP contribution in [0.4, 0.5) is 0 Å². The van der Waals surface area contributed by atoms with Gasteiger partial charge in [0.2, 0.25) is 0 Å². The Morgan fingerprint density at radius 1 is 1.35 bits per heavy atom. The van der Waals surface area contributed by atoms with Gasteiger partial charge in [0.15, 0.2) is 0 Å². The third-order valence-electron chi connectivity index (χ3n) is 3.54. The molecule has 0 radical (unpaired) electrons. The fraction of sp³-hybridized carbons (Fsp3) is 0.714. The highest BCUT2D eigenvalue weighted by molar-refractivity contribution is 7.12. The molecule has 0 aromatic carbocycles. The molecule has 1 N–H and O–H groups in total. The first-order valence-corrected chi connectivity index (χ1v) is 7.47. The average Bonchev–Trinajstić information content (AvgIpc) is 2.77. The fourth-order valence-corrected chi connectivity index (χ4v) is 3.22. The molecular weight excluding hydrogens is 228 g/mol. The number of hydrogen-bond donors (Lipinski definition) is 1. The second-order valence-corrected chi connectivity index (χ2v) is 6.62. The molecule has 1 aromatic heterocycles. The van der Waals surface area contributed by atoms with E-state index >= 15 is 0 Å². The van der Waals surface area contributed by atoms with Crippen molar-refractivity contribution >= 4 is 11.3 Å². The van der Waals surface area contributed by atoms with Gasteiger partial charge < -0.3 is 10.2 Å². The average molecular weight is 252 g/mol. The first-order valence-electron chi connectivity index (χ1n) is 6.65. The Balaban J connectivity index is 1.77. The van der Waals surface area contributed by atoms with E-state index in [4.69, 9.17) is 0 Å². The van der Waals surface area contributed by atoms with Crippen molar-refractivity contribution in [1.82, 2.24) is 10.2 Å². The van der Waals surface area contributed by atoms with Gasteiger partial charge in [0.25, 0.3) is 0 Å². The van der Waals surface area contributed by atoms with Crippen LogP contribution in [0.1, 0.15) is 42.4 Å². The minimum atomic E-state index is 0.664. The largest absolute Gasteiger partial charge is 0.309 e. The summed E-state index contributed by atoms with van der Waals surface area (Å²) in [6, 6.07) is 5.28. The van der Waals surface area contributed by atoms with E-state index in [1.807, 2.05) is 11.3 Å². The van der Waals surface area contributed by atoms with Crippen molar-refractivity contribution in [2.45, 2.75) is 45.2 Å². The van der Waals surface area contributed by atoms with Crippen molar-refractivity contribution in [1.29, 1.82) is 0 Å². The quantitative estimate of drug-likeness (QED) is 0.886. The molecule has 0 bridgehead atoms. The van der Waals surface area contributed by atoms with E-state index in [1.54, 1.807) is 0 Å². The maximum Gasteiger partial charge on any atom is 0.0302 e. The molecule has 17 heavy (non-hydrogen) atoms. The molecule has 2 heterocycles. The Morgan fingerprint density at radius 3 is 2.65 bits per heavy atom. The fourth-order valence-electron chi connectivity index (χ4n) is 2.26. The van der Waals surface area contributed by atoms with Gasteiger partial charge in [-0.25, -0.2) is 0 Å². The number of likely N-dealkylation sites (tertiary alicyclic amines) is 1. The number of thiophene rings is 1. The Kier molecular flexibility index (Phi) is 4.60. The van der Waals surface area contributed by atoms with Crippen LogP contribution in [0, 0.1) is 0 Å². The molecule has 1 saturated heterocycles. The summed E-state index contributed by atoms with van der Waals surface area (Å²) in [4.78, 5) is 5.40. The standard InChI is InChI=1S/C14H24N2S/c1-11(2)14-5-4-13(17-14)10-15-12-6-8-16(3)9-7-12/h4-5,11-12,15H,6-10H2,1-3H3. The van der Waals surface area contributed by atoms with Crippen molar-refractivity contribution in [2.75, 3.05) is 20.1 Å². The monoisotopic (exact) mass is 252 g/mol. The van der Waals surface area contributed by atoms with E-state index in [0.29, 0.717) is 5.92 Å². The van der Waals surface area contributed by atoms with Gasteiger partial charge in [-0.15, -0.1) is 11.3 Å². The van der Waals surface area contributed by atoms with Gasteiger partial charge in [-0.05, 0) is 51.0 Å². The molecule has 1 aliphatic rings. The molecule has 1 aliphatic heterocycles. The summed E-state index contributed by atoms with van der Waals surface area (Å²) in [6.07, 6.45) is 2.58. The molecule has 2 rings (SSSR count). The lowest BCUT2D eigenvalue weighted by atomic mass is 10.1. The van der Waals surface area contributed by atoms with Crippen LogP contribution in [-0.2, 0) is 6.54 Å². The van der Waals surface area contributed by atoms with Crippen LogP contribution in [0.15, 0.2) is 12.1 Å². The molecule has 0 unspecified atom stereocenters. The van der Waals surface area contributed by atoms with Crippen LogP contribution in [0.2, 0.25) is 0 Å². The van der Waals surface area contributed by atoms with Crippen molar-refractivity contribution < 1.29 is 0 Å². The van der Waals surface area contributed by atoms with Crippen LogP contribution in [0.3, 0.4) is 0 Å². The van der Waals surface area contributed by atoms with Crippen molar-refractivity contribution in [3.63, 3.8) is 0 Å². The molecule has 1 aromatic rings. The number of piperidine rings is 1. The van der Waals surface area contributed by atoms with Gasteiger partial charge in [0, 0.05) is 22.3 Å². The Labute approximate surface area is 109 Å². The molecule has 0 saturated carbocycles. The van der Waals surface area contributed by atoms with E-state index in [9.17, 15) is 0 Å². The third kappa shape index (κ3) is 3.80. The molecule has 3 heteroatoms. The zero-order valence-corrected chi connectivity index (χ0v) is 12.0. The lowest BCUT2D eigenvalue weighted by Gasteiger charge is -2.29. The Bertz CT molecular complexity index is 338. The summed E-state index contributed by atoms with van der Waals surface area (Å²) in [5.74, 6) is 0.664. The van der Waals surface area contributed by atoms with Gasteiger partial charge in [0.05, 0.1) is 0 Å². The first kappa shape index (κ1) is 13.1. The second kappa shape index (κ2) is 5.98. The Morgan fingerprint density at radius 2 is 2.06 bits per heavy atom. The smallest absolute Gasteiger partial charge is 0.0302 e. The number of nitrogens with zero attached hydrogens (tertiary/aromatic N) is 1. The summed E-state index contributed by atoms with van der Waals surface area (Å²) in [5.41, 5.74) is 0. The summed E-state index contributed by atoms with van der Waals surface area (Å²) in [6.45, 7) is 8.05. The van der Waals surface area contributed by atoms with Gasteiger partial charge in [-0.2, -0.15) is 0 Å². The zero-order valence-electron chi connectivity index (χ0n) is 11.2. The van der Waals surface area contributed by atoms with Gasteiger partial charge in [0.1, 0.15) is 0 Å². The zero-order chi connectivity index (χ0) is 12.3. The van der Waals surface area contributed by atoms with Crippen LogP contribution in [-0.4, -0.2) is 31.1 Å². The highest BCUT2D eigenvalue weighted by Crippen LogP contribution is 2.24. The van der Waals surface area contributed by atoms with E-state index in [1.165, 1.54) is 35.7 Å². The third-order valence-corrected chi connectivity index (χ3v) is 4.92. The summed E-state index contributed by atoms with van der Waals surface area (Å²) in [7, 11) is 2.21. The minimum Gasteiger partial charge on any atom is -0.309 e. The Hall–Kier alpha value is -0.380. The van der Waals surface area contributed by atoms with Crippen molar-refractivity contribution in [3.8, 4) is 0 Å². The highest BCUT2D eigenvalue weighted by atomic mass is 32.1. The lowest BCUT2D eigenvalue weighted by Crippen LogP contribution is -2.40. The maximum absolute atomic E-state index is 3.69. The van der Waals surface area contributed by atoms with Gasteiger partial charge >= 0.3 is 0 Å². The van der Waals surface area contributed by atoms with Gasteiger partial charge in [-0.3, -0.25) is 0 Å². The SMILES string of the molecule is CC(C)c1ccc(CNC2CCN(C)CC2)s1. The minimum absolute atomic E-state index is 0.664. The topological polar surface area (TPSA) is 15.3 Å². The molecule has 1 fully saturated rings. The van der Waals surface area contributed by atoms with E-state index in [-0.39, 0.29) is 0 Å². The van der Waals surface area contributed by atoms with Crippen molar-refractivity contribution in [2.24, 2.45) is 0 Å². The molecule has 0 atom stereocenters. The lowest BCUT2D eigenvalue weighted by molar-refractivity contribution is 0.234. The van der Waals surface area contributed by atoms with Crippen LogP contribution >= 0.6 is 11.3 Å². The summed E-state index contributed by atoms with van der Waals surface area (Å²) >= 11 is 1.96. The molecule has 96 valence electrons. The molecular formula is C14H24N2S. The predicted octanol–water partition coefficient (Wildman–Crippen LogP) is 3.06. The van der Waals surface area contributed by atoms with Crippen LogP contribution in [0.25, 0.3) is 0 Å². The number of hydrogen-bond acceptors (Lipinski definition) is 3. The van der Waals surface area contributed by atoms with E-state index in [2.05, 4.69) is 43.2 Å². The highest BCUT2D eigenvalue weighted by Gasteiger charge is 2.16. The van der Waals surface area contributed by atoms with Crippen LogP contribution < -0.4 is 5.32 Å². The molecule has 0 aliphatic carbocycles. The normalized spacial score (nSPS) is 19.1. The van der Waals surface area contributed by atoms with Gasteiger partial charge in [-0.1, -0.05) is 13.8 Å². The molecule has 0 spiro atoms.